The van der Waals surface area contributed by atoms with Crippen LogP contribution < -0.4 is 0 Å². The van der Waals surface area contributed by atoms with E-state index in [0.29, 0.717) is 0 Å². The molecule has 15 heteroatoms. The Morgan fingerprint density at radius 3 is 0.533 bits per heavy atom. The quantitative estimate of drug-likeness (QED) is 0.216. The van der Waals surface area contributed by atoms with Crippen molar-refractivity contribution in [1.82, 2.24) is 0 Å². The summed E-state index contributed by atoms with van der Waals surface area (Å²) in [6.07, 6.45) is 0. The van der Waals surface area contributed by atoms with Crippen molar-refractivity contribution in [1.29, 1.82) is 0 Å². The van der Waals surface area contributed by atoms with Crippen molar-refractivity contribution in [3.63, 3.8) is 0 Å². The van der Waals surface area contributed by atoms with E-state index in [4.69, 9.17) is 40.5 Å². The minimum atomic E-state index is 0. The Balaban J connectivity index is -0.0000000107. The summed E-state index contributed by atoms with van der Waals surface area (Å²) in [4.78, 5) is 32.4. The van der Waals surface area contributed by atoms with Crippen molar-refractivity contribution in [3.05, 3.63) is 19.6 Å². The molecule has 0 atom stereocenters. The van der Waals surface area contributed by atoms with Gasteiger partial charge in [0.15, 0.2) is 21.4 Å². The minimum absolute atomic E-state index is 0. The van der Waals surface area contributed by atoms with Crippen LogP contribution in [0.25, 0.3) is 0 Å². The number of hydrogen-bond acceptors (Lipinski definition) is 8. The smallest absolute Gasteiger partial charge is 0.152 e. The average molecular weight is 461 g/mol. The first-order chi connectivity index (χ1) is 5.66. The summed E-state index contributed by atoms with van der Waals surface area (Å²) in [6, 6.07) is 0. The molecule has 0 aromatic carbocycles. The fourth-order valence-electron chi connectivity index (χ4n) is 0. The van der Waals surface area contributed by atoms with Crippen molar-refractivity contribution in [2.75, 3.05) is 0 Å². The second kappa shape index (κ2) is 107. The maximum Gasteiger partial charge on any atom is 0.152 e. The van der Waals surface area contributed by atoms with E-state index in [0.717, 1.165) is 0 Å². The molecule has 0 saturated heterocycles. The average Bonchev–Trinajstić information content (AvgIpc) is 1.92. The van der Waals surface area contributed by atoms with Gasteiger partial charge in [0.25, 0.3) is 0 Å². The number of rotatable bonds is 0. The molecule has 0 amide bonds. The second-order valence-corrected chi connectivity index (χ2v) is 0.327. The van der Waals surface area contributed by atoms with Gasteiger partial charge in [-0.05, 0) is 0 Å². The predicted octanol–water partition coefficient (Wildman–Crippen LogP) is -0.196. The van der Waals surface area contributed by atoms with Gasteiger partial charge in [0.2, 0.25) is 0 Å². The fourth-order valence-corrected chi connectivity index (χ4v) is 0. The first-order valence-corrected chi connectivity index (χ1v) is 1.53. The molecule has 0 bridgehead atoms. The van der Waals surface area contributed by atoms with E-state index in [1.54, 1.807) is 0 Å². The molecule has 0 rings (SSSR count). The molecule has 15 heavy (non-hydrogen) atoms. The third-order valence-electron chi connectivity index (χ3n) is 0. The Bertz CT molecular complexity index is 78.6. The van der Waals surface area contributed by atoms with Gasteiger partial charge in [-0.15, -0.1) is 19.6 Å². The van der Waals surface area contributed by atoms with Crippen molar-refractivity contribution in [2.24, 2.45) is 21.4 Å². The van der Waals surface area contributed by atoms with Gasteiger partial charge in [-0.2, -0.15) is 0 Å². The SMILES string of the molecule is O=NO.O=NO.O=NO.O=NO.[K].[K].[Pt]. The zero-order valence-corrected chi connectivity index (χ0v) is 16.0. The molecule has 0 aliphatic heterocycles. The van der Waals surface area contributed by atoms with Crippen molar-refractivity contribution in [2.45, 2.75) is 0 Å². The van der Waals surface area contributed by atoms with Crippen LogP contribution in [0.5, 0.6) is 0 Å². The van der Waals surface area contributed by atoms with E-state index in [1.165, 1.54) is 21.4 Å². The molecule has 0 heterocycles. The van der Waals surface area contributed by atoms with Gasteiger partial charge in [0, 0.05) is 124 Å². The number of nitrogens with zero attached hydrogens (tertiary/aromatic N) is 4. The van der Waals surface area contributed by atoms with Crippen LogP contribution in [0.2, 0.25) is 0 Å². The van der Waals surface area contributed by atoms with Crippen LogP contribution >= 0.6 is 0 Å². The predicted molar refractivity (Wildman–Crippen MR) is 41.8 cm³/mol. The Morgan fingerprint density at radius 2 is 0.533 bits per heavy atom. The van der Waals surface area contributed by atoms with Gasteiger partial charge >= 0.3 is 0 Å². The number of hydrogen-bond donors (Lipinski definition) is 4. The molecule has 0 saturated carbocycles. The Labute approximate surface area is 181 Å². The molecule has 4 N–H and O–H groups in total. The summed E-state index contributed by atoms with van der Waals surface area (Å²) in [6.45, 7) is 0. The fraction of sp³-hybridized carbons (Fsp3) is 0. The zero-order valence-electron chi connectivity index (χ0n) is 7.53. The van der Waals surface area contributed by atoms with Gasteiger partial charge in [-0.1, -0.05) is 0 Å². The summed E-state index contributed by atoms with van der Waals surface area (Å²) in [5.41, 5.74) is 0. The van der Waals surface area contributed by atoms with Crippen LogP contribution in [0.4, 0.5) is 0 Å². The molecule has 0 aromatic heterocycles. The molecule has 0 aliphatic rings. The zero-order chi connectivity index (χ0) is 10.8. The van der Waals surface area contributed by atoms with Crippen LogP contribution in [0.1, 0.15) is 0 Å². The summed E-state index contributed by atoms with van der Waals surface area (Å²) in [7, 11) is 0. The third-order valence-corrected chi connectivity index (χ3v) is 0. The van der Waals surface area contributed by atoms with Crippen LogP contribution in [0.15, 0.2) is 21.4 Å². The standard InChI is InChI=1S/2K.4HNO2.Pt/c;;4*2-1-3;/h;;4*(H,2,3);. The van der Waals surface area contributed by atoms with Gasteiger partial charge in [0.05, 0.1) is 0 Å². The van der Waals surface area contributed by atoms with E-state index in [1.807, 2.05) is 0 Å². The van der Waals surface area contributed by atoms with Crippen molar-refractivity contribution < 1.29 is 41.9 Å². The van der Waals surface area contributed by atoms with Gasteiger partial charge < -0.3 is 20.8 Å². The van der Waals surface area contributed by atoms with Gasteiger partial charge in [-0.25, -0.2) is 0 Å². The van der Waals surface area contributed by atoms with E-state index < -0.39 is 0 Å². The molecule has 0 aromatic rings. The molecular weight excluding hydrogens is 457 g/mol. The van der Waals surface area contributed by atoms with E-state index in [2.05, 4.69) is 0 Å². The first-order valence-electron chi connectivity index (χ1n) is 1.53. The molecule has 2 radical (unpaired) electrons. The van der Waals surface area contributed by atoms with Crippen LogP contribution in [-0.2, 0) is 21.1 Å². The third kappa shape index (κ3) is 1170. The van der Waals surface area contributed by atoms with Crippen LogP contribution in [0, 0.1) is 19.6 Å². The van der Waals surface area contributed by atoms with E-state index >= 15 is 0 Å². The Morgan fingerprint density at radius 1 is 0.533 bits per heavy atom. The molecule has 0 unspecified atom stereocenters. The van der Waals surface area contributed by atoms with Crippen LogP contribution in [0.3, 0.4) is 0 Å². The maximum atomic E-state index is 8.11. The summed E-state index contributed by atoms with van der Waals surface area (Å²) in [5, 5.41) is 31.6. The molecule has 0 fully saturated rings. The molecule has 84 valence electrons. The largest absolute Gasteiger partial charge is 0.379 e. The molecule has 0 aliphatic carbocycles. The summed E-state index contributed by atoms with van der Waals surface area (Å²) in [5.74, 6) is 0. The topological polar surface area (TPSA) is 199 Å². The van der Waals surface area contributed by atoms with E-state index in [-0.39, 0.29) is 124 Å². The Kier molecular flexibility index (Phi) is 312. The first kappa shape index (κ1) is 43.9. The minimum Gasteiger partial charge on any atom is -0.379 e. The van der Waals surface area contributed by atoms with Crippen LogP contribution in [-0.4, -0.2) is 124 Å². The summed E-state index contributed by atoms with van der Waals surface area (Å²) >= 11 is 0. The normalized spacial score (nSPS) is 3.20. The van der Waals surface area contributed by atoms with E-state index in [9.17, 15) is 0 Å². The molecule has 0 spiro atoms. The maximum absolute atomic E-state index is 8.11. The van der Waals surface area contributed by atoms with Gasteiger partial charge in [-0.3, -0.25) is 0 Å². The van der Waals surface area contributed by atoms with Crippen molar-refractivity contribution >= 4 is 103 Å². The van der Waals surface area contributed by atoms with Crippen molar-refractivity contribution in [3.8, 4) is 0 Å². The Hall–Kier alpha value is 1.56. The second-order valence-electron chi connectivity index (χ2n) is 0.327. The molecular formula is H4K2N4O8Pt. The van der Waals surface area contributed by atoms with Gasteiger partial charge in [0.1, 0.15) is 0 Å². The monoisotopic (exact) mass is 461 g/mol. The summed E-state index contributed by atoms with van der Waals surface area (Å²) < 4.78 is 0. The molecule has 12 nitrogen and oxygen atoms in total.